The van der Waals surface area contributed by atoms with Crippen LogP contribution in [0.1, 0.15) is 54.3 Å². The van der Waals surface area contributed by atoms with Crippen molar-refractivity contribution in [1.82, 2.24) is 40.8 Å². The molecule has 0 fully saturated rings. The number of aromatic nitrogens is 4. The first-order chi connectivity index (χ1) is 20.6. The normalized spacial score (nSPS) is 13.0. The van der Waals surface area contributed by atoms with Gasteiger partial charge in [0.15, 0.2) is 0 Å². The average Bonchev–Trinajstić information content (AvgIpc) is 3.45. The van der Waals surface area contributed by atoms with Gasteiger partial charge in [-0.05, 0) is 61.4 Å². The van der Waals surface area contributed by atoms with E-state index in [1.165, 1.54) is 11.1 Å². The van der Waals surface area contributed by atoms with Crippen molar-refractivity contribution in [3.05, 3.63) is 126 Å². The van der Waals surface area contributed by atoms with Gasteiger partial charge in [-0.2, -0.15) is 0 Å². The predicted octanol–water partition coefficient (Wildman–Crippen LogP) is 5.15. The van der Waals surface area contributed by atoms with Crippen molar-refractivity contribution in [2.75, 3.05) is 26.2 Å². The number of hydrogen-bond acceptors (Lipinski definition) is 7. The molecule has 218 valence electrons. The highest BCUT2D eigenvalue weighted by Crippen LogP contribution is 2.12. The van der Waals surface area contributed by atoms with Crippen molar-refractivity contribution < 1.29 is 0 Å². The van der Waals surface area contributed by atoms with Crippen molar-refractivity contribution >= 4 is 11.0 Å². The van der Waals surface area contributed by atoms with Gasteiger partial charge < -0.3 is 20.9 Å². The maximum Gasteiger partial charge on any atom is 0.121 e. The first-order valence-electron chi connectivity index (χ1n) is 14.9. The van der Waals surface area contributed by atoms with Crippen LogP contribution in [-0.2, 0) is 19.6 Å². The molecule has 0 spiro atoms. The smallest absolute Gasteiger partial charge is 0.121 e. The second-order valence-corrected chi connectivity index (χ2v) is 10.8. The van der Waals surface area contributed by atoms with Crippen LogP contribution in [0.25, 0.3) is 11.0 Å². The third-order valence-electron chi connectivity index (χ3n) is 7.51. The minimum atomic E-state index is 0.210. The van der Waals surface area contributed by atoms with E-state index in [1.54, 1.807) is 0 Å². The van der Waals surface area contributed by atoms with E-state index >= 15 is 0 Å². The minimum Gasteiger partial charge on any atom is -0.341 e. The molecule has 0 amide bonds. The van der Waals surface area contributed by atoms with Crippen molar-refractivity contribution in [3.63, 3.8) is 0 Å². The van der Waals surface area contributed by atoms with Gasteiger partial charge in [-0.25, -0.2) is 4.98 Å². The quantitative estimate of drug-likeness (QED) is 0.132. The van der Waals surface area contributed by atoms with Crippen LogP contribution < -0.4 is 16.0 Å². The molecule has 0 aliphatic rings. The van der Waals surface area contributed by atoms with Crippen molar-refractivity contribution in [2.24, 2.45) is 0 Å². The van der Waals surface area contributed by atoms with E-state index in [1.807, 2.05) is 54.9 Å². The molecule has 2 unspecified atom stereocenters. The van der Waals surface area contributed by atoms with E-state index in [0.717, 1.165) is 67.5 Å². The Balaban J connectivity index is 1.12. The highest BCUT2D eigenvalue weighted by molar-refractivity contribution is 5.74. The standard InChI is InChI=1S/C34H42N8/c1-26(30-9-5-7-17-38-30)36-19-21-42(22-20-37-27(2)31-10-6-8-18-39-31)25-29-15-13-28(14-16-29)23-35-24-34-40-32-11-3-4-12-33(32)41-34/h3-18,26-27,35-37H,19-25H2,1-2H3,(H,40,41). The topological polar surface area (TPSA) is 93.8 Å². The molecular formula is C34H42N8. The van der Waals surface area contributed by atoms with Gasteiger partial charge in [0.1, 0.15) is 5.82 Å². The number of aromatic amines is 1. The fourth-order valence-electron chi connectivity index (χ4n) is 5.06. The molecule has 0 radical (unpaired) electrons. The molecule has 0 saturated carbocycles. The molecule has 42 heavy (non-hydrogen) atoms. The largest absolute Gasteiger partial charge is 0.341 e. The summed E-state index contributed by atoms with van der Waals surface area (Å²) in [4.78, 5) is 19.5. The van der Waals surface area contributed by atoms with Crippen LogP contribution in [-0.4, -0.2) is 51.0 Å². The van der Waals surface area contributed by atoms with Crippen molar-refractivity contribution in [3.8, 4) is 0 Å². The Bertz CT molecular complexity index is 1390. The molecule has 0 aliphatic carbocycles. The Morgan fingerprint density at radius 2 is 1.29 bits per heavy atom. The van der Waals surface area contributed by atoms with Gasteiger partial charge in [-0.15, -0.1) is 0 Å². The molecular weight excluding hydrogens is 520 g/mol. The van der Waals surface area contributed by atoms with Gasteiger partial charge in [0.25, 0.3) is 0 Å². The highest BCUT2D eigenvalue weighted by Gasteiger charge is 2.11. The third-order valence-corrected chi connectivity index (χ3v) is 7.51. The van der Waals surface area contributed by atoms with Crippen LogP contribution >= 0.6 is 0 Å². The second-order valence-electron chi connectivity index (χ2n) is 10.8. The van der Waals surface area contributed by atoms with Crippen molar-refractivity contribution in [1.29, 1.82) is 0 Å². The second kappa shape index (κ2) is 15.3. The molecule has 8 nitrogen and oxygen atoms in total. The summed E-state index contributed by atoms with van der Waals surface area (Å²) in [6.07, 6.45) is 3.71. The molecule has 5 rings (SSSR count). The zero-order valence-electron chi connectivity index (χ0n) is 24.6. The molecule has 0 aliphatic heterocycles. The van der Waals surface area contributed by atoms with E-state index in [0.29, 0.717) is 6.54 Å². The molecule has 0 bridgehead atoms. The maximum atomic E-state index is 4.65. The Labute approximate surface area is 249 Å². The van der Waals surface area contributed by atoms with Gasteiger partial charge in [-0.3, -0.25) is 14.9 Å². The number of rotatable bonds is 16. The van der Waals surface area contributed by atoms with Gasteiger partial charge in [0.05, 0.1) is 29.0 Å². The minimum absolute atomic E-state index is 0.210. The lowest BCUT2D eigenvalue weighted by Crippen LogP contribution is -2.37. The number of para-hydroxylation sites is 2. The van der Waals surface area contributed by atoms with E-state index in [9.17, 15) is 0 Å². The Kier molecular flexibility index (Phi) is 10.8. The van der Waals surface area contributed by atoms with E-state index in [-0.39, 0.29) is 12.1 Å². The van der Waals surface area contributed by atoms with Gasteiger partial charge >= 0.3 is 0 Å². The van der Waals surface area contributed by atoms with Crippen LogP contribution in [0.3, 0.4) is 0 Å². The van der Waals surface area contributed by atoms with Crippen molar-refractivity contribution in [2.45, 2.75) is 45.6 Å². The molecule has 4 N–H and O–H groups in total. The molecule has 3 heterocycles. The SMILES string of the molecule is CC(NCCN(CCNC(C)c1ccccn1)Cc1ccc(CNCc2nc3ccccc3[nH]2)cc1)c1ccccn1. The summed E-state index contributed by atoms with van der Waals surface area (Å²) in [6, 6.07) is 29.6. The first-order valence-corrected chi connectivity index (χ1v) is 14.9. The fraction of sp³-hybridized carbons (Fsp3) is 0.324. The summed E-state index contributed by atoms with van der Waals surface area (Å²) in [5.74, 6) is 0.959. The lowest BCUT2D eigenvalue weighted by Gasteiger charge is -2.25. The average molecular weight is 563 g/mol. The number of hydrogen-bond donors (Lipinski definition) is 4. The Morgan fingerprint density at radius 3 is 1.88 bits per heavy atom. The number of H-pyrrole nitrogens is 1. The third kappa shape index (κ3) is 8.77. The Morgan fingerprint density at radius 1 is 0.690 bits per heavy atom. The van der Waals surface area contributed by atoms with E-state index in [4.69, 9.17) is 0 Å². The van der Waals surface area contributed by atoms with Gasteiger partial charge in [0, 0.05) is 63.7 Å². The van der Waals surface area contributed by atoms with E-state index < -0.39 is 0 Å². The number of pyridine rings is 2. The molecule has 0 saturated heterocycles. The lowest BCUT2D eigenvalue weighted by molar-refractivity contribution is 0.257. The Hall–Kier alpha value is -3.95. The predicted molar refractivity (Wildman–Crippen MR) is 170 cm³/mol. The molecule has 5 aromatic rings. The van der Waals surface area contributed by atoms with Crippen LogP contribution in [0.4, 0.5) is 0 Å². The number of nitrogens with zero attached hydrogens (tertiary/aromatic N) is 4. The summed E-state index contributed by atoms with van der Waals surface area (Å²) in [7, 11) is 0. The summed E-state index contributed by atoms with van der Waals surface area (Å²) in [5, 5.41) is 10.8. The molecule has 2 aromatic carbocycles. The summed E-state index contributed by atoms with van der Waals surface area (Å²) < 4.78 is 0. The molecule has 2 atom stereocenters. The zero-order chi connectivity index (χ0) is 29.0. The molecule has 3 aromatic heterocycles. The van der Waals surface area contributed by atoms with Gasteiger partial charge in [0.2, 0.25) is 0 Å². The number of imidazole rings is 1. The van der Waals surface area contributed by atoms with Crippen LogP contribution in [0, 0.1) is 0 Å². The van der Waals surface area contributed by atoms with E-state index in [2.05, 4.69) is 97.1 Å². The number of benzene rings is 2. The fourth-order valence-corrected chi connectivity index (χ4v) is 5.06. The summed E-state index contributed by atoms with van der Waals surface area (Å²) in [6.45, 7) is 10.4. The van der Waals surface area contributed by atoms with Crippen LogP contribution in [0.15, 0.2) is 97.3 Å². The molecule has 8 heteroatoms. The van der Waals surface area contributed by atoms with Crippen LogP contribution in [0.5, 0.6) is 0 Å². The zero-order valence-corrected chi connectivity index (χ0v) is 24.6. The highest BCUT2D eigenvalue weighted by atomic mass is 15.2. The van der Waals surface area contributed by atoms with Gasteiger partial charge in [-0.1, -0.05) is 48.5 Å². The maximum absolute atomic E-state index is 4.65. The first kappa shape index (κ1) is 29.5. The monoisotopic (exact) mass is 562 g/mol. The summed E-state index contributed by atoms with van der Waals surface area (Å²) in [5.41, 5.74) is 6.79. The number of nitrogens with one attached hydrogen (secondary N) is 4. The lowest BCUT2D eigenvalue weighted by atomic mass is 10.1. The van der Waals surface area contributed by atoms with Crippen LogP contribution in [0.2, 0.25) is 0 Å². The number of fused-ring (bicyclic) bond motifs is 1. The summed E-state index contributed by atoms with van der Waals surface area (Å²) >= 11 is 0.